The molecule has 21 heavy (non-hydrogen) atoms. The summed E-state index contributed by atoms with van der Waals surface area (Å²) >= 11 is 1.67. The molecule has 0 aliphatic carbocycles. The lowest BCUT2D eigenvalue weighted by molar-refractivity contribution is -0.138. The van der Waals surface area contributed by atoms with E-state index in [0.717, 1.165) is 38.2 Å². The van der Waals surface area contributed by atoms with Gasteiger partial charge in [-0.1, -0.05) is 6.92 Å². The maximum atomic E-state index is 12.3. The average molecular weight is 313 g/mol. The average Bonchev–Trinajstić information content (AvgIpc) is 2.98. The van der Waals surface area contributed by atoms with E-state index in [4.69, 9.17) is 0 Å². The summed E-state index contributed by atoms with van der Waals surface area (Å²) in [6.45, 7) is 4.91. The van der Waals surface area contributed by atoms with Gasteiger partial charge in [-0.3, -0.25) is 9.59 Å². The molecule has 6 heteroatoms. The van der Waals surface area contributed by atoms with Crippen LogP contribution in [0.4, 0.5) is 0 Å². The normalized spacial score (nSPS) is 25.9. The van der Waals surface area contributed by atoms with Gasteiger partial charge in [0.1, 0.15) is 6.04 Å². The molecule has 0 radical (unpaired) electrons. The molecule has 5 nitrogen and oxygen atoms in total. The summed E-state index contributed by atoms with van der Waals surface area (Å²) < 4.78 is 0. The van der Waals surface area contributed by atoms with Gasteiger partial charge in [-0.2, -0.15) is 0 Å². The number of rotatable bonds is 6. The largest absolute Gasteiger partial charge is 0.354 e. The van der Waals surface area contributed by atoms with Gasteiger partial charge in [0, 0.05) is 18.7 Å². The van der Waals surface area contributed by atoms with Crippen molar-refractivity contribution < 1.29 is 9.59 Å². The van der Waals surface area contributed by atoms with Crippen LogP contribution in [0.15, 0.2) is 0 Å². The van der Waals surface area contributed by atoms with Crippen molar-refractivity contribution in [2.24, 2.45) is 5.92 Å². The Kier molecular flexibility index (Phi) is 6.83. The van der Waals surface area contributed by atoms with Crippen LogP contribution in [0.2, 0.25) is 0 Å². The summed E-state index contributed by atoms with van der Waals surface area (Å²) in [5.74, 6) is 2.19. The summed E-state index contributed by atoms with van der Waals surface area (Å²) in [5.41, 5.74) is 0. The van der Waals surface area contributed by atoms with E-state index < -0.39 is 0 Å². The van der Waals surface area contributed by atoms with Crippen LogP contribution >= 0.6 is 11.8 Å². The van der Waals surface area contributed by atoms with Crippen LogP contribution in [0.3, 0.4) is 0 Å². The predicted octanol–water partition coefficient (Wildman–Crippen LogP) is 1.19. The Morgan fingerprint density at radius 2 is 2.29 bits per heavy atom. The lowest BCUT2D eigenvalue weighted by Gasteiger charge is -2.25. The van der Waals surface area contributed by atoms with Crippen molar-refractivity contribution in [3.8, 4) is 0 Å². The molecule has 2 rings (SSSR count). The maximum absolute atomic E-state index is 12.3. The molecule has 0 spiro atoms. The molecule has 2 amide bonds. The first-order chi connectivity index (χ1) is 10.2. The Bertz CT molecular complexity index is 359. The molecule has 2 atom stereocenters. The van der Waals surface area contributed by atoms with Gasteiger partial charge in [0.25, 0.3) is 0 Å². The summed E-state index contributed by atoms with van der Waals surface area (Å²) in [7, 11) is 0. The van der Waals surface area contributed by atoms with Crippen molar-refractivity contribution in [2.45, 2.75) is 45.1 Å². The molecule has 0 bridgehead atoms. The Balaban J connectivity index is 1.72. The van der Waals surface area contributed by atoms with Crippen molar-refractivity contribution in [1.82, 2.24) is 15.5 Å². The Labute approximate surface area is 131 Å². The molecule has 0 aromatic carbocycles. The lowest BCUT2D eigenvalue weighted by Crippen LogP contribution is -2.47. The van der Waals surface area contributed by atoms with Gasteiger partial charge in [0.05, 0.1) is 5.88 Å². The second-order valence-corrected chi connectivity index (χ2v) is 6.92. The number of amides is 2. The number of hydrogen-bond donors (Lipinski definition) is 2. The van der Waals surface area contributed by atoms with E-state index in [-0.39, 0.29) is 17.9 Å². The fourth-order valence-electron chi connectivity index (χ4n) is 2.95. The minimum Gasteiger partial charge on any atom is -0.354 e. The highest BCUT2D eigenvalue weighted by Crippen LogP contribution is 2.22. The third-order valence-corrected chi connectivity index (χ3v) is 5.23. The number of piperidine rings is 1. The van der Waals surface area contributed by atoms with Gasteiger partial charge >= 0.3 is 0 Å². The standard InChI is InChI=1S/C15H27N3O2S/c1-2-4-14(19)18-11-21-10-13(18)15(20)17-8-6-12-5-3-7-16-9-12/h12-13,16H,2-11H2,1H3,(H,17,20). The fraction of sp³-hybridized carbons (Fsp3) is 0.867. The van der Waals surface area contributed by atoms with E-state index >= 15 is 0 Å². The number of carbonyl (C=O) groups is 2. The van der Waals surface area contributed by atoms with Crippen molar-refractivity contribution in [1.29, 1.82) is 0 Å². The highest BCUT2D eigenvalue weighted by atomic mass is 32.2. The second kappa shape index (κ2) is 8.63. The van der Waals surface area contributed by atoms with Gasteiger partial charge < -0.3 is 15.5 Å². The van der Waals surface area contributed by atoms with Crippen molar-refractivity contribution >= 4 is 23.6 Å². The van der Waals surface area contributed by atoms with E-state index in [2.05, 4.69) is 10.6 Å². The first kappa shape index (κ1) is 16.6. The molecular weight excluding hydrogens is 286 g/mol. The summed E-state index contributed by atoms with van der Waals surface area (Å²) in [4.78, 5) is 26.0. The summed E-state index contributed by atoms with van der Waals surface area (Å²) in [6.07, 6.45) is 4.89. The third-order valence-electron chi connectivity index (χ3n) is 4.22. The molecule has 2 saturated heterocycles. The highest BCUT2D eigenvalue weighted by Gasteiger charge is 2.33. The van der Waals surface area contributed by atoms with Gasteiger partial charge in [-0.15, -0.1) is 11.8 Å². The smallest absolute Gasteiger partial charge is 0.243 e. The Hall–Kier alpha value is -0.750. The fourth-order valence-corrected chi connectivity index (χ4v) is 4.13. The molecule has 2 heterocycles. The molecule has 2 aliphatic rings. The van der Waals surface area contributed by atoms with Gasteiger partial charge in [-0.05, 0) is 44.7 Å². The topological polar surface area (TPSA) is 61.4 Å². The third kappa shape index (κ3) is 4.88. The van der Waals surface area contributed by atoms with E-state index in [9.17, 15) is 9.59 Å². The van der Waals surface area contributed by atoms with Crippen LogP contribution in [0.1, 0.15) is 39.0 Å². The van der Waals surface area contributed by atoms with Crippen LogP contribution in [0, 0.1) is 5.92 Å². The van der Waals surface area contributed by atoms with E-state index in [1.807, 2.05) is 6.92 Å². The minimum absolute atomic E-state index is 0.0215. The number of hydrogen-bond acceptors (Lipinski definition) is 4. The van der Waals surface area contributed by atoms with Crippen LogP contribution in [0.5, 0.6) is 0 Å². The van der Waals surface area contributed by atoms with Crippen molar-refractivity contribution in [3.63, 3.8) is 0 Å². The van der Waals surface area contributed by atoms with Gasteiger partial charge in [-0.25, -0.2) is 0 Å². The number of carbonyl (C=O) groups excluding carboxylic acids is 2. The van der Waals surface area contributed by atoms with E-state index in [0.29, 0.717) is 18.2 Å². The first-order valence-electron chi connectivity index (χ1n) is 8.08. The number of nitrogens with zero attached hydrogens (tertiary/aromatic N) is 1. The molecule has 0 aromatic rings. The second-order valence-electron chi connectivity index (χ2n) is 5.92. The van der Waals surface area contributed by atoms with Crippen molar-refractivity contribution in [2.75, 3.05) is 31.3 Å². The number of thioether (sulfide) groups is 1. The zero-order chi connectivity index (χ0) is 15.1. The zero-order valence-electron chi connectivity index (χ0n) is 12.9. The summed E-state index contributed by atoms with van der Waals surface area (Å²) in [6, 6.07) is -0.265. The molecule has 2 fully saturated rings. The highest BCUT2D eigenvalue weighted by molar-refractivity contribution is 7.99. The van der Waals surface area contributed by atoms with Crippen molar-refractivity contribution in [3.05, 3.63) is 0 Å². The van der Waals surface area contributed by atoms with Gasteiger partial charge in [0.15, 0.2) is 0 Å². The molecule has 2 aliphatic heterocycles. The lowest BCUT2D eigenvalue weighted by atomic mass is 9.96. The van der Waals surface area contributed by atoms with E-state index in [1.165, 1.54) is 12.8 Å². The minimum atomic E-state index is -0.265. The van der Waals surface area contributed by atoms with Crippen LogP contribution in [0.25, 0.3) is 0 Å². The molecule has 0 aromatic heterocycles. The Morgan fingerprint density at radius 3 is 3.00 bits per heavy atom. The van der Waals surface area contributed by atoms with Crippen LogP contribution in [-0.4, -0.2) is 54.0 Å². The molecule has 0 saturated carbocycles. The van der Waals surface area contributed by atoms with E-state index in [1.54, 1.807) is 16.7 Å². The molecule has 2 unspecified atom stereocenters. The molecular formula is C15H27N3O2S. The first-order valence-corrected chi connectivity index (χ1v) is 9.23. The van der Waals surface area contributed by atoms with Gasteiger partial charge in [0.2, 0.25) is 11.8 Å². The van der Waals surface area contributed by atoms with Crippen LogP contribution in [-0.2, 0) is 9.59 Å². The zero-order valence-corrected chi connectivity index (χ0v) is 13.7. The summed E-state index contributed by atoms with van der Waals surface area (Å²) in [5, 5.41) is 6.42. The predicted molar refractivity (Wildman–Crippen MR) is 86.1 cm³/mol. The SMILES string of the molecule is CCCC(=O)N1CSCC1C(=O)NCCC1CCCNC1. The monoisotopic (exact) mass is 313 g/mol. The number of nitrogens with one attached hydrogen (secondary N) is 2. The molecule has 120 valence electrons. The molecule has 2 N–H and O–H groups in total. The Morgan fingerprint density at radius 1 is 1.43 bits per heavy atom. The quantitative estimate of drug-likeness (QED) is 0.773. The van der Waals surface area contributed by atoms with Crippen LogP contribution < -0.4 is 10.6 Å². The maximum Gasteiger partial charge on any atom is 0.243 e.